The molecule has 136 valence electrons. The Labute approximate surface area is 143 Å². The second-order valence-corrected chi connectivity index (χ2v) is 6.75. The lowest BCUT2D eigenvalue weighted by molar-refractivity contribution is -0.132. The number of carboxylic acid groups (broad SMARTS) is 1. The van der Waals surface area contributed by atoms with E-state index in [1.807, 2.05) is 0 Å². The van der Waals surface area contributed by atoms with Gasteiger partial charge in [-0.05, 0) is 19.4 Å². The van der Waals surface area contributed by atoms with E-state index >= 15 is 0 Å². The minimum atomic E-state index is -0.950. The third-order valence-electron chi connectivity index (χ3n) is 4.38. The number of hydrogen-bond donors (Lipinski definition) is 2. The van der Waals surface area contributed by atoms with E-state index in [1.54, 1.807) is 0 Å². The zero-order valence-electron chi connectivity index (χ0n) is 15.4. The van der Waals surface area contributed by atoms with E-state index < -0.39 is 12.1 Å². The molecule has 2 N–H and O–H groups in total. The topological polar surface area (TPSA) is 57.5 Å². The summed E-state index contributed by atoms with van der Waals surface area (Å²) in [6.07, 6.45) is 18.5. The van der Waals surface area contributed by atoms with Crippen LogP contribution in [0.4, 0.5) is 0 Å². The van der Waals surface area contributed by atoms with Crippen molar-refractivity contribution in [1.82, 2.24) is 0 Å². The number of aliphatic hydroxyl groups excluding tert-OH is 1. The predicted octanol–water partition coefficient (Wildman–Crippen LogP) is 5.86. The van der Waals surface area contributed by atoms with E-state index in [4.69, 9.17) is 5.11 Å². The molecule has 3 heteroatoms. The lowest BCUT2D eigenvalue weighted by Gasteiger charge is -2.06. The highest BCUT2D eigenvalue weighted by Gasteiger charge is 2.05. The van der Waals surface area contributed by atoms with Crippen molar-refractivity contribution >= 4 is 5.97 Å². The predicted molar refractivity (Wildman–Crippen MR) is 97.7 cm³/mol. The zero-order valence-corrected chi connectivity index (χ0v) is 15.4. The second-order valence-electron chi connectivity index (χ2n) is 6.75. The van der Waals surface area contributed by atoms with Crippen molar-refractivity contribution in [3.05, 3.63) is 11.6 Å². The molecule has 0 aliphatic rings. The van der Waals surface area contributed by atoms with Gasteiger partial charge in [0.1, 0.15) is 0 Å². The molecule has 0 aromatic carbocycles. The van der Waals surface area contributed by atoms with Crippen LogP contribution >= 0.6 is 0 Å². The van der Waals surface area contributed by atoms with Gasteiger partial charge in [-0.1, -0.05) is 90.4 Å². The first-order valence-electron chi connectivity index (χ1n) is 9.67. The average molecular weight is 327 g/mol. The highest BCUT2D eigenvalue weighted by atomic mass is 16.4. The third kappa shape index (κ3) is 15.8. The van der Waals surface area contributed by atoms with Crippen molar-refractivity contribution in [2.45, 2.75) is 110 Å². The van der Waals surface area contributed by atoms with Crippen molar-refractivity contribution in [3.8, 4) is 0 Å². The number of hydrogen-bond acceptors (Lipinski definition) is 2. The van der Waals surface area contributed by atoms with E-state index in [0.29, 0.717) is 6.42 Å². The lowest BCUT2D eigenvalue weighted by Crippen LogP contribution is -2.06. The monoisotopic (exact) mass is 326 g/mol. The summed E-state index contributed by atoms with van der Waals surface area (Å²) in [5, 5.41) is 18.4. The van der Waals surface area contributed by atoms with Gasteiger partial charge in [-0.2, -0.15) is 0 Å². The first-order chi connectivity index (χ1) is 11.1. The Balaban J connectivity index is 3.27. The number of carboxylic acids is 1. The van der Waals surface area contributed by atoms with Crippen molar-refractivity contribution in [2.24, 2.45) is 0 Å². The molecular weight excluding hydrogens is 288 g/mol. The number of rotatable bonds is 16. The lowest BCUT2D eigenvalue weighted by atomic mass is 10.0. The summed E-state index contributed by atoms with van der Waals surface area (Å²) in [7, 11) is 0. The molecule has 0 aliphatic carbocycles. The van der Waals surface area contributed by atoms with Gasteiger partial charge in [-0.15, -0.1) is 0 Å². The quantitative estimate of drug-likeness (QED) is 0.276. The summed E-state index contributed by atoms with van der Waals surface area (Å²) in [5.74, 6) is -0.950. The number of aliphatic carboxylic acids is 1. The summed E-state index contributed by atoms with van der Waals surface area (Å²) in [6.45, 7) is 3.78. The largest absolute Gasteiger partial charge is 0.478 e. The summed E-state index contributed by atoms with van der Waals surface area (Å²) in [6, 6.07) is 0. The molecule has 0 saturated heterocycles. The van der Waals surface area contributed by atoms with Crippen LogP contribution in [0.3, 0.4) is 0 Å². The average Bonchev–Trinajstić information content (AvgIpc) is 2.51. The summed E-state index contributed by atoms with van der Waals surface area (Å²) in [5.41, 5.74) is 0.229. The molecule has 0 aromatic heterocycles. The number of carbonyl (C=O) groups is 1. The van der Waals surface area contributed by atoms with Gasteiger partial charge in [-0.25, -0.2) is 4.79 Å². The maximum Gasteiger partial charge on any atom is 0.331 e. The van der Waals surface area contributed by atoms with Crippen LogP contribution < -0.4 is 0 Å². The Hall–Kier alpha value is -0.830. The van der Waals surface area contributed by atoms with E-state index in [2.05, 4.69) is 6.92 Å². The SMILES string of the molecule is CCCCCCCCCCCCCCCC(O)C=C(C)C(=O)O. The highest BCUT2D eigenvalue weighted by Crippen LogP contribution is 2.13. The van der Waals surface area contributed by atoms with Gasteiger partial charge in [0, 0.05) is 5.57 Å². The maximum absolute atomic E-state index is 10.6. The fourth-order valence-electron chi connectivity index (χ4n) is 2.81. The molecular formula is C20H38O3. The van der Waals surface area contributed by atoms with Crippen LogP contribution in [-0.2, 0) is 4.79 Å². The molecule has 0 saturated carbocycles. The first-order valence-corrected chi connectivity index (χ1v) is 9.67. The van der Waals surface area contributed by atoms with Gasteiger partial charge in [0.25, 0.3) is 0 Å². The summed E-state index contributed by atoms with van der Waals surface area (Å²) >= 11 is 0. The van der Waals surface area contributed by atoms with E-state index in [-0.39, 0.29) is 5.57 Å². The van der Waals surface area contributed by atoms with E-state index in [0.717, 1.165) is 12.8 Å². The van der Waals surface area contributed by atoms with Gasteiger partial charge in [0.05, 0.1) is 6.10 Å². The van der Waals surface area contributed by atoms with Crippen LogP contribution in [0, 0.1) is 0 Å². The Morgan fingerprint density at radius 1 is 0.826 bits per heavy atom. The van der Waals surface area contributed by atoms with Crippen molar-refractivity contribution in [3.63, 3.8) is 0 Å². The molecule has 23 heavy (non-hydrogen) atoms. The van der Waals surface area contributed by atoms with E-state index in [1.165, 1.54) is 83.6 Å². The summed E-state index contributed by atoms with van der Waals surface area (Å²) in [4.78, 5) is 10.6. The van der Waals surface area contributed by atoms with Crippen LogP contribution in [0.2, 0.25) is 0 Å². The third-order valence-corrected chi connectivity index (χ3v) is 4.38. The molecule has 0 fully saturated rings. The van der Waals surface area contributed by atoms with Gasteiger partial charge >= 0.3 is 5.97 Å². The minimum Gasteiger partial charge on any atom is -0.478 e. The molecule has 0 amide bonds. The molecule has 0 aromatic rings. The van der Waals surface area contributed by atoms with Crippen molar-refractivity contribution in [2.75, 3.05) is 0 Å². The van der Waals surface area contributed by atoms with Crippen LogP contribution in [0.25, 0.3) is 0 Å². The van der Waals surface area contributed by atoms with Crippen molar-refractivity contribution < 1.29 is 15.0 Å². The Bertz CT molecular complexity index is 310. The molecule has 0 aliphatic heterocycles. The molecule has 3 nitrogen and oxygen atoms in total. The summed E-state index contributed by atoms with van der Waals surface area (Å²) < 4.78 is 0. The Morgan fingerprint density at radius 2 is 1.22 bits per heavy atom. The highest BCUT2D eigenvalue weighted by molar-refractivity contribution is 5.85. The molecule has 0 rings (SSSR count). The van der Waals surface area contributed by atoms with Gasteiger partial charge < -0.3 is 10.2 Å². The second kappa shape index (κ2) is 16.0. The maximum atomic E-state index is 10.6. The zero-order chi connectivity index (χ0) is 17.3. The molecule has 1 atom stereocenters. The molecule has 0 radical (unpaired) electrons. The Kier molecular flexibility index (Phi) is 15.5. The van der Waals surface area contributed by atoms with Crippen LogP contribution in [0.1, 0.15) is 104 Å². The standard InChI is InChI=1S/C20H38O3/c1-3-4-5-6-7-8-9-10-11-12-13-14-15-16-19(21)17-18(2)20(22)23/h17,19,21H,3-16H2,1-2H3,(H,22,23). The fourth-order valence-corrected chi connectivity index (χ4v) is 2.81. The molecule has 0 bridgehead atoms. The molecule has 0 heterocycles. The molecule has 0 spiro atoms. The smallest absolute Gasteiger partial charge is 0.331 e. The van der Waals surface area contributed by atoms with Crippen LogP contribution in [-0.4, -0.2) is 22.3 Å². The van der Waals surface area contributed by atoms with Gasteiger partial charge in [-0.3, -0.25) is 0 Å². The number of aliphatic hydroxyl groups is 1. The van der Waals surface area contributed by atoms with Gasteiger partial charge in [0.15, 0.2) is 0 Å². The van der Waals surface area contributed by atoms with Crippen molar-refractivity contribution in [1.29, 1.82) is 0 Å². The molecule has 1 unspecified atom stereocenters. The minimum absolute atomic E-state index is 0.229. The fraction of sp³-hybridized carbons (Fsp3) is 0.850. The Morgan fingerprint density at radius 3 is 1.61 bits per heavy atom. The number of unbranched alkanes of at least 4 members (excludes halogenated alkanes) is 12. The van der Waals surface area contributed by atoms with Gasteiger partial charge in [0.2, 0.25) is 0 Å². The van der Waals surface area contributed by atoms with Crippen LogP contribution in [0.5, 0.6) is 0 Å². The normalized spacial score (nSPS) is 13.3. The first kappa shape index (κ1) is 22.2. The van der Waals surface area contributed by atoms with Crippen LogP contribution in [0.15, 0.2) is 11.6 Å². The van der Waals surface area contributed by atoms with E-state index in [9.17, 15) is 9.90 Å².